The normalized spacial score (nSPS) is 13.0. The number of para-hydroxylation sites is 1. The fourth-order valence-electron chi connectivity index (χ4n) is 2.60. The van der Waals surface area contributed by atoms with Crippen molar-refractivity contribution in [3.05, 3.63) is 59.9 Å². The zero-order chi connectivity index (χ0) is 20.9. The zero-order valence-electron chi connectivity index (χ0n) is 15.7. The lowest BCUT2D eigenvalue weighted by atomic mass is 10.1. The number of benzene rings is 2. The second-order valence-electron chi connectivity index (χ2n) is 6.64. The van der Waals surface area contributed by atoms with Gasteiger partial charge in [-0.25, -0.2) is 4.39 Å². The summed E-state index contributed by atoms with van der Waals surface area (Å²) in [7, 11) is 0. The average molecular weight is 444 g/mol. The number of hydrogen-bond donors (Lipinski definition) is 3. The highest BCUT2D eigenvalue weighted by Crippen LogP contribution is 2.28. The molecule has 1 aliphatic carbocycles. The molecule has 0 spiro atoms. The van der Waals surface area contributed by atoms with Gasteiger partial charge in [0.1, 0.15) is 5.82 Å². The first-order valence-corrected chi connectivity index (χ1v) is 11.1. The highest BCUT2D eigenvalue weighted by molar-refractivity contribution is 8.01. The lowest BCUT2D eigenvalue weighted by Crippen LogP contribution is -2.27. The first-order chi connectivity index (χ1) is 14.6. The Labute approximate surface area is 180 Å². The molecule has 3 aromatic rings. The summed E-state index contributed by atoms with van der Waals surface area (Å²) in [4.78, 5) is 24.7. The molecule has 154 valence electrons. The van der Waals surface area contributed by atoms with Crippen molar-refractivity contribution in [1.29, 1.82) is 0 Å². The van der Waals surface area contributed by atoms with Crippen molar-refractivity contribution in [2.75, 3.05) is 16.4 Å². The van der Waals surface area contributed by atoms with Crippen LogP contribution in [0.25, 0.3) is 0 Å². The Morgan fingerprint density at radius 3 is 2.77 bits per heavy atom. The molecule has 1 saturated carbocycles. The van der Waals surface area contributed by atoms with Crippen LogP contribution in [0.5, 0.6) is 0 Å². The van der Waals surface area contributed by atoms with E-state index in [-0.39, 0.29) is 29.4 Å². The molecule has 0 bridgehead atoms. The van der Waals surface area contributed by atoms with Crippen LogP contribution in [0.3, 0.4) is 0 Å². The lowest BCUT2D eigenvalue weighted by Gasteiger charge is -2.10. The SMILES string of the molecule is O=C(CSc1nnc(Nc2cccc(F)c2)s1)Nc1ccccc1C(=O)NC1CC1. The van der Waals surface area contributed by atoms with E-state index in [1.165, 1.54) is 35.2 Å². The molecule has 1 aliphatic rings. The van der Waals surface area contributed by atoms with Gasteiger partial charge in [0.25, 0.3) is 5.91 Å². The van der Waals surface area contributed by atoms with Crippen molar-refractivity contribution in [2.24, 2.45) is 0 Å². The molecule has 4 rings (SSSR count). The number of carbonyl (C=O) groups is 2. The molecule has 2 aromatic carbocycles. The zero-order valence-corrected chi connectivity index (χ0v) is 17.4. The van der Waals surface area contributed by atoms with Gasteiger partial charge in [-0.3, -0.25) is 9.59 Å². The Balaban J connectivity index is 1.31. The third kappa shape index (κ3) is 5.55. The number of hydrogen-bond acceptors (Lipinski definition) is 7. The largest absolute Gasteiger partial charge is 0.349 e. The molecule has 0 aliphatic heterocycles. The Morgan fingerprint density at radius 2 is 1.97 bits per heavy atom. The summed E-state index contributed by atoms with van der Waals surface area (Å²) in [5.41, 5.74) is 1.49. The number of amides is 2. The molecule has 7 nitrogen and oxygen atoms in total. The van der Waals surface area contributed by atoms with Crippen LogP contribution in [0.4, 0.5) is 20.9 Å². The van der Waals surface area contributed by atoms with Crippen molar-refractivity contribution >= 4 is 51.4 Å². The van der Waals surface area contributed by atoms with Gasteiger partial charge in [-0.05, 0) is 43.2 Å². The molecular formula is C20H18FN5O2S2. The van der Waals surface area contributed by atoms with Crippen LogP contribution in [-0.4, -0.2) is 33.8 Å². The molecule has 1 heterocycles. The van der Waals surface area contributed by atoms with E-state index in [0.29, 0.717) is 26.4 Å². The number of nitrogens with one attached hydrogen (secondary N) is 3. The Hall–Kier alpha value is -2.98. The van der Waals surface area contributed by atoms with Crippen LogP contribution in [-0.2, 0) is 4.79 Å². The van der Waals surface area contributed by atoms with Crippen LogP contribution in [0.1, 0.15) is 23.2 Å². The molecule has 1 aromatic heterocycles. The van der Waals surface area contributed by atoms with Gasteiger partial charge in [-0.15, -0.1) is 10.2 Å². The van der Waals surface area contributed by atoms with E-state index in [2.05, 4.69) is 26.1 Å². The van der Waals surface area contributed by atoms with Gasteiger partial charge in [0.2, 0.25) is 11.0 Å². The van der Waals surface area contributed by atoms with Gasteiger partial charge in [0.05, 0.1) is 17.0 Å². The smallest absolute Gasteiger partial charge is 0.253 e. The predicted octanol–water partition coefficient (Wildman–Crippen LogP) is 4.04. The summed E-state index contributed by atoms with van der Waals surface area (Å²) in [5.74, 6) is -0.658. The average Bonchev–Trinajstić information content (AvgIpc) is 3.43. The number of anilines is 3. The highest BCUT2D eigenvalue weighted by Gasteiger charge is 2.25. The molecule has 10 heteroatoms. The number of halogens is 1. The minimum absolute atomic E-state index is 0.118. The minimum Gasteiger partial charge on any atom is -0.349 e. The van der Waals surface area contributed by atoms with Gasteiger partial charge in [-0.2, -0.15) is 0 Å². The maximum absolute atomic E-state index is 13.3. The summed E-state index contributed by atoms with van der Waals surface area (Å²) in [5, 5.41) is 17.2. The number of nitrogens with zero attached hydrogens (tertiary/aromatic N) is 2. The molecular weight excluding hydrogens is 425 g/mol. The summed E-state index contributed by atoms with van der Waals surface area (Å²) in [6.07, 6.45) is 1.99. The van der Waals surface area contributed by atoms with E-state index in [1.807, 2.05) is 0 Å². The van der Waals surface area contributed by atoms with Crippen molar-refractivity contribution < 1.29 is 14.0 Å². The van der Waals surface area contributed by atoms with Crippen LogP contribution in [0.2, 0.25) is 0 Å². The number of carbonyl (C=O) groups excluding carboxylic acids is 2. The first kappa shape index (κ1) is 20.3. The summed E-state index contributed by atoms with van der Waals surface area (Å²) >= 11 is 2.50. The predicted molar refractivity (Wildman–Crippen MR) is 116 cm³/mol. The Kier molecular flexibility index (Phi) is 6.24. The Morgan fingerprint density at radius 1 is 1.13 bits per heavy atom. The van der Waals surface area contributed by atoms with Crippen LogP contribution in [0, 0.1) is 5.82 Å². The first-order valence-electron chi connectivity index (χ1n) is 9.25. The van der Waals surface area contributed by atoms with Crippen LogP contribution in [0.15, 0.2) is 52.9 Å². The second kappa shape index (κ2) is 9.23. The fourth-order valence-corrected chi connectivity index (χ4v) is 4.17. The van der Waals surface area contributed by atoms with Crippen molar-refractivity contribution in [3.8, 4) is 0 Å². The van der Waals surface area contributed by atoms with Gasteiger partial charge >= 0.3 is 0 Å². The standard InChI is InChI=1S/C20H18FN5O2S2/c21-12-4-3-5-14(10-12)23-19-25-26-20(30-19)29-11-17(27)24-16-7-2-1-6-15(16)18(28)22-13-8-9-13/h1-7,10,13H,8-9,11H2,(H,22,28)(H,23,25)(H,24,27). The van der Waals surface area contributed by atoms with E-state index in [4.69, 9.17) is 0 Å². The third-order valence-corrected chi connectivity index (χ3v) is 6.14. The number of thioether (sulfide) groups is 1. The molecule has 2 amide bonds. The third-order valence-electron chi connectivity index (χ3n) is 4.17. The molecule has 30 heavy (non-hydrogen) atoms. The van der Waals surface area contributed by atoms with Crippen molar-refractivity contribution in [1.82, 2.24) is 15.5 Å². The van der Waals surface area contributed by atoms with E-state index in [1.54, 1.807) is 36.4 Å². The maximum Gasteiger partial charge on any atom is 0.253 e. The number of rotatable bonds is 8. The topological polar surface area (TPSA) is 96.0 Å². The van der Waals surface area contributed by atoms with Gasteiger partial charge in [-0.1, -0.05) is 41.3 Å². The molecule has 1 fully saturated rings. The highest BCUT2D eigenvalue weighted by atomic mass is 32.2. The maximum atomic E-state index is 13.3. The minimum atomic E-state index is -0.345. The van der Waals surface area contributed by atoms with Crippen LogP contribution >= 0.6 is 23.1 Å². The van der Waals surface area contributed by atoms with Crippen LogP contribution < -0.4 is 16.0 Å². The van der Waals surface area contributed by atoms with E-state index in [9.17, 15) is 14.0 Å². The molecule has 3 N–H and O–H groups in total. The second-order valence-corrected chi connectivity index (χ2v) is 8.84. The fraction of sp³-hybridized carbons (Fsp3) is 0.200. The van der Waals surface area contributed by atoms with E-state index < -0.39 is 0 Å². The van der Waals surface area contributed by atoms with E-state index >= 15 is 0 Å². The summed E-state index contributed by atoms with van der Waals surface area (Å²) in [6.45, 7) is 0. The molecule has 0 saturated heterocycles. The summed E-state index contributed by atoms with van der Waals surface area (Å²) in [6, 6.07) is 13.2. The molecule has 0 unspecified atom stereocenters. The van der Waals surface area contributed by atoms with Gasteiger partial charge in [0, 0.05) is 11.7 Å². The lowest BCUT2D eigenvalue weighted by molar-refractivity contribution is -0.113. The number of aromatic nitrogens is 2. The van der Waals surface area contributed by atoms with Gasteiger partial charge < -0.3 is 16.0 Å². The van der Waals surface area contributed by atoms with E-state index in [0.717, 1.165) is 12.8 Å². The Bertz CT molecular complexity index is 1070. The molecule has 0 atom stereocenters. The van der Waals surface area contributed by atoms with Crippen molar-refractivity contribution in [2.45, 2.75) is 23.2 Å². The molecule has 0 radical (unpaired) electrons. The van der Waals surface area contributed by atoms with Gasteiger partial charge in [0.15, 0.2) is 4.34 Å². The monoisotopic (exact) mass is 443 g/mol. The quantitative estimate of drug-likeness (QED) is 0.455. The summed E-state index contributed by atoms with van der Waals surface area (Å²) < 4.78 is 13.9. The van der Waals surface area contributed by atoms with Crippen molar-refractivity contribution in [3.63, 3.8) is 0 Å².